The average Bonchev–Trinajstić information content (AvgIpc) is 2.53. The number of nitrogens with one attached hydrogen (secondary N) is 2. The molecule has 2 amide bonds. The first-order valence-corrected chi connectivity index (χ1v) is 8.44. The van der Waals surface area contributed by atoms with Crippen molar-refractivity contribution in [2.75, 3.05) is 13.2 Å². The Morgan fingerprint density at radius 2 is 1.92 bits per heavy atom. The fourth-order valence-corrected chi connectivity index (χ4v) is 2.99. The third kappa shape index (κ3) is 5.53. The molecule has 0 aromatic heterocycles. The molecule has 1 aromatic carbocycles. The summed E-state index contributed by atoms with van der Waals surface area (Å²) in [7, 11) is 0. The van der Waals surface area contributed by atoms with E-state index in [4.69, 9.17) is 5.11 Å². The maximum absolute atomic E-state index is 12.1. The number of carbonyl (C=O) groups excluding carboxylic acids is 1. The van der Waals surface area contributed by atoms with E-state index in [1.165, 1.54) is 0 Å². The summed E-state index contributed by atoms with van der Waals surface area (Å²) in [4.78, 5) is 23.0. The van der Waals surface area contributed by atoms with Gasteiger partial charge in [-0.05, 0) is 31.2 Å². The van der Waals surface area contributed by atoms with Crippen LogP contribution in [0, 0.1) is 5.41 Å². The van der Waals surface area contributed by atoms with Gasteiger partial charge in [0.1, 0.15) is 0 Å². The molecule has 0 radical (unpaired) electrons. The van der Waals surface area contributed by atoms with Gasteiger partial charge < -0.3 is 20.8 Å². The topological polar surface area (TPSA) is 98.7 Å². The van der Waals surface area contributed by atoms with Crippen molar-refractivity contribution in [3.05, 3.63) is 35.9 Å². The van der Waals surface area contributed by atoms with Gasteiger partial charge in [0.25, 0.3) is 0 Å². The molecule has 0 spiro atoms. The fraction of sp³-hybridized carbons (Fsp3) is 0.556. The summed E-state index contributed by atoms with van der Waals surface area (Å²) in [5, 5.41) is 24.0. The van der Waals surface area contributed by atoms with E-state index < -0.39 is 5.97 Å². The summed E-state index contributed by atoms with van der Waals surface area (Å²) in [5.74, 6) is -0.871. The molecule has 2 rings (SSSR count). The van der Waals surface area contributed by atoms with Gasteiger partial charge in [0.2, 0.25) is 0 Å². The highest BCUT2D eigenvalue weighted by Gasteiger charge is 2.36. The Hall–Kier alpha value is -2.08. The molecule has 0 bridgehead atoms. The first-order chi connectivity index (χ1) is 11.5. The predicted octanol–water partition coefficient (Wildman–Crippen LogP) is 1.92. The van der Waals surface area contributed by atoms with E-state index in [2.05, 4.69) is 10.6 Å². The van der Waals surface area contributed by atoms with Crippen molar-refractivity contribution >= 4 is 12.0 Å². The molecule has 0 saturated heterocycles. The average molecular weight is 334 g/mol. The summed E-state index contributed by atoms with van der Waals surface area (Å²) in [6.45, 7) is 0.534. The van der Waals surface area contributed by atoms with E-state index in [-0.39, 0.29) is 30.5 Å². The number of rotatable bonds is 9. The molecule has 4 N–H and O–H groups in total. The number of carboxylic acids is 1. The van der Waals surface area contributed by atoms with Crippen LogP contribution in [0.15, 0.2) is 30.3 Å². The molecule has 6 heteroatoms. The molecule has 1 aliphatic carbocycles. The number of aliphatic carboxylic acids is 1. The third-order valence-corrected chi connectivity index (χ3v) is 4.74. The quantitative estimate of drug-likeness (QED) is 0.554. The van der Waals surface area contributed by atoms with Crippen molar-refractivity contribution in [1.82, 2.24) is 10.6 Å². The third-order valence-electron chi connectivity index (χ3n) is 4.74. The Balaban J connectivity index is 1.86. The molecule has 1 saturated carbocycles. The maximum Gasteiger partial charge on any atom is 0.315 e. The van der Waals surface area contributed by atoms with Crippen LogP contribution in [0.5, 0.6) is 0 Å². The van der Waals surface area contributed by atoms with Crippen LogP contribution in [-0.4, -0.2) is 41.4 Å². The Labute approximate surface area is 142 Å². The Kier molecular flexibility index (Phi) is 6.61. The van der Waals surface area contributed by atoms with Gasteiger partial charge in [-0.25, -0.2) is 4.79 Å². The highest BCUT2D eigenvalue weighted by atomic mass is 16.4. The number of carbonyl (C=O) groups is 2. The molecule has 1 aliphatic rings. The molecule has 0 heterocycles. The largest absolute Gasteiger partial charge is 0.481 e. The van der Waals surface area contributed by atoms with Crippen LogP contribution in [0.25, 0.3) is 0 Å². The molecule has 1 aromatic rings. The van der Waals surface area contributed by atoms with E-state index in [0.29, 0.717) is 19.4 Å². The van der Waals surface area contributed by atoms with Crippen molar-refractivity contribution in [2.45, 2.75) is 44.6 Å². The normalized spacial score (nSPS) is 16.7. The SMILES string of the molecule is O=C(O)CCC(Cc1ccccc1)NC(=O)NCC1(CO)CCC1. The van der Waals surface area contributed by atoms with Gasteiger partial charge in [0.15, 0.2) is 0 Å². The summed E-state index contributed by atoms with van der Waals surface area (Å²) in [6, 6.07) is 9.14. The highest BCUT2D eigenvalue weighted by molar-refractivity contribution is 5.74. The van der Waals surface area contributed by atoms with Gasteiger partial charge in [-0.15, -0.1) is 0 Å². The lowest BCUT2D eigenvalue weighted by molar-refractivity contribution is -0.137. The lowest BCUT2D eigenvalue weighted by Crippen LogP contribution is -2.49. The second-order valence-corrected chi connectivity index (χ2v) is 6.66. The number of hydrogen-bond donors (Lipinski definition) is 4. The standard InChI is InChI=1S/C18H26N2O4/c21-13-18(9-4-10-18)12-19-17(24)20-15(7-8-16(22)23)11-14-5-2-1-3-6-14/h1-3,5-6,15,21H,4,7-13H2,(H,22,23)(H2,19,20,24). The Morgan fingerprint density at radius 1 is 1.21 bits per heavy atom. The van der Waals surface area contributed by atoms with E-state index in [0.717, 1.165) is 24.8 Å². The van der Waals surface area contributed by atoms with Crippen molar-refractivity contribution in [3.63, 3.8) is 0 Å². The number of amides is 2. The fourth-order valence-electron chi connectivity index (χ4n) is 2.99. The van der Waals surface area contributed by atoms with E-state index in [1.54, 1.807) is 0 Å². The number of aliphatic hydroxyl groups is 1. The predicted molar refractivity (Wildman–Crippen MR) is 90.7 cm³/mol. The number of benzene rings is 1. The second-order valence-electron chi connectivity index (χ2n) is 6.66. The zero-order valence-corrected chi connectivity index (χ0v) is 13.8. The smallest absolute Gasteiger partial charge is 0.315 e. The molecular weight excluding hydrogens is 308 g/mol. The monoisotopic (exact) mass is 334 g/mol. The second kappa shape index (κ2) is 8.68. The van der Waals surface area contributed by atoms with E-state index in [1.807, 2.05) is 30.3 Å². The molecule has 1 unspecified atom stereocenters. The summed E-state index contributed by atoms with van der Waals surface area (Å²) in [5.41, 5.74) is 0.881. The molecular formula is C18H26N2O4. The molecule has 1 fully saturated rings. The first kappa shape index (κ1) is 18.3. The Morgan fingerprint density at radius 3 is 2.46 bits per heavy atom. The van der Waals surface area contributed by atoms with E-state index in [9.17, 15) is 14.7 Å². The highest BCUT2D eigenvalue weighted by Crippen LogP contribution is 2.39. The molecule has 1 atom stereocenters. The van der Waals surface area contributed by atoms with Crippen molar-refractivity contribution in [3.8, 4) is 0 Å². The summed E-state index contributed by atoms with van der Waals surface area (Å²) < 4.78 is 0. The van der Waals surface area contributed by atoms with Gasteiger partial charge in [-0.2, -0.15) is 0 Å². The van der Waals surface area contributed by atoms with Crippen LogP contribution in [0.1, 0.15) is 37.7 Å². The minimum Gasteiger partial charge on any atom is -0.481 e. The molecule has 0 aliphatic heterocycles. The number of aliphatic hydroxyl groups excluding tert-OH is 1. The lowest BCUT2D eigenvalue weighted by atomic mass is 9.69. The van der Waals surface area contributed by atoms with Crippen molar-refractivity contribution in [2.24, 2.45) is 5.41 Å². The van der Waals surface area contributed by atoms with Gasteiger partial charge in [0.05, 0.1) is 6.61 Å². The van der Waals surface area contributed by atoms with E-state index >= 15 is 0 Å². The van der Waals surface area contributed by atoms with Crippen LogP contribution < -0.4 is 10.6 Å². The first-order valence-electron chi connectivity index (χ1n) is 8.44. The van der Waals surface area contributed by atoms with Crippen LogP contribution in [0.3, 0.4) is 0 Å². The summed E-state index contributed by atoms with van der Waals surface area (Å²) in [6.07, 6.45) is 3.92. The van der Waals surface area contributed by atoms with Crippen LogP contribution >= 0.6 is 0 Å². The zero-order chi connectivity index (χ0) is 17.4. The molecule has 6 nitrogen and oxygen atoms in total. The minimum absolute atomic E-state index is 0.0123. The van der Waals surface area contributed by atoms with Crippen LogP contribution in [-0.2, 0) is 11.2 Å². The van der Waals surface area contributed by atoms with Gasteiger partial charge in [0, 0.05) is 24.4 Å². The van der Waals surface area contributed by atoms with Gasteiger partial charge in [-0.1, -0.05) is 36.8 Å². The van der Waals surface area contributed by atoms with Gasteiger partial charge in [-0.3, -0.25) is 4.79 Å². The molecule has 132 valence electrons. The Bertz CT molecular complexity index is 538. The van der Waals surface area contributed by atoms with Crippen LogP contribution in [0.2, 0.25) is 0 Å². The number of hydrogen-bond acceptors (Lipinski definition) is 3. The molecule has 24 heavy (non-hydrogen) atoms. The van der Waals surface area contributed by atoms with Gasteiger partial charge >= 0.3 is 12.0 Å². The van der Waals surface area contributed by atoms with Crippen molar-refractivity contribution in [1.29, 1.82) is 0 Å². The maximum atomic E-state index is 12.1. The van der Waals surface area contributed by atoms with Crippen molar-refractivity contribution < 1.29 is 19.8 Å². The summed E-state index contributed by atoms with van der Waals surface area (Å²) >= 11 is 0. The minimum atomic E-state index is -0.871. The lowest BCUT2D eigenvalue weighted by Gasteiger charge is -2.40. The van der Waals surface area contributed by atoms with Crippen LogP contribution in [0.4, 0.5) is 4.79 Å². The number of urea groups is 1. The zero-order valence-electron chi connectivity index (χ0n) is 13.8. The number of carboxylic acid groups (broad SMARTS) is 1.